The third-order valence-corrected chi connectivity index (χ3v) is 12.9. The lowest BCUT2D eigenvalue weighted by Crippen LogP contribution is -2.38. The van der Waals surface area contributed by atoms with Gasteiger partial charge in [-0.05, 0) is 186 Å². The van der Waals surface area contributed by atoms with Crippen molar-refractivity contribution in [1.29, 1.82) is 0 Å². The molecular formula is C54H87NO2. The maximum atomic E-state index is 10.2. The Kier molecular flexibility index (Phi) is 19.7. The number of phenolic OH excluding ortho intramolecular Hbond substituents is 1. The number of nitrogens with zero attached hydrogens (tertiary/aromatic N) is 1. The minimum Gasteiger partial charge on any atom is -0.507 e. The van der Waals surface area contributed by atoms with Crippen LogP contribution >= 0.6 is 0 Å². The number of ether oxygens (including phenoxy) is 1. The monoisotopic (exact) mass is 782 g/mol. The molecular weight excluding hydrogens is 695 g/mol. The van der Waals surface area contributed by atoms with Crippen LogP contribution in [0.2, 0.25) is 0 Å². The highest BCUT2D eigenvalue weighted by Gasteiger charge is 2.35. The van der Waals surface area contributed by atoms with Crippen molar-refractivity contribution in [3.05, 3.63) is 87.2 Å². The van der Waals surface area contributed by atoms with Crippen LogP contribution in [0.3, 0.4) is 0 Å². The first-order chi connectivity index (χ1) is 26.8. The maximum absolute atomic E-state index is 10.2. The molecule has 0 spiro atoms. The molecule has 2 atom stereocenters. The lowest BCUT2D eigenvalue weighted by atomic mass is 9.71. The Morgan fingerprint density at radius 2 is 1.39 bits per heavy atom. The van der Waals surface area contributed by atoms with Crippen LogP contribution in [0.15, 0.2) is 42.6 Å². The highest BCUT2D eigenvalue weighted by atomic mass is 16.5. The zero-order chi connectivity index (χ0) is 42.3. The summed E-state index contributed by atoms with van der Waals surface area (Å²) in [6.45, 7) is 31.2. The van der Waals surface area contributed by atoms with Gasteiger partial charge in [0.25, 0.3) is 0 Å². The van der Waals surface area contributed by atoms with E-state index in [2.05, 4.69) is 124 Å². The van der Waals surface area contributed by atoms with E-state index in [1.807, 2.05) is 20.0 Å². The number of pyridine rings is 1. The SMILES string of the molecule is CC(C)CC1(C)CCCCC1.CC(C)CC1CCc2ccccc2C1.CCc1ccc(CCC(C)C)nc1.Cc1c(C)c2c(c(C)c1O)CCC(C)(CC(C)C)O2. The highest BCUT2D eigenvalue weighted by Crippen LogP contribution is 2.45. The molecule has 3 aromatic rings. The highest BCUT2D eigenvalue weighted by molar-refractivity contribution is 5.58. The largest absolute Gasteiger partial charge is 0.507 e. The summed E-state index contributed by atoms with van der Waals surface area (Å²) in [4.78, 5) is 4.42. The molecule has 320 valence electrons. The van der Waals surface area contributed by atoms with Crippen LogP contribution in [0.4, 0.5) is 0 Å². The Morgan fingerprint density at radius 3 is 1.95 bits per heavy atom. The zero-order valence-corrected chi connectivity index (χ0v) is 39.5. The van der Waals surface area contributed by atoms with Crippen LogP contribution in [0.1, 0.15) is 191 Å². The van der Waals surface area contributed by atoms with Gasteiger partial charge in [-0.1, -0.05) is 119 Å². The Labute approximate surface area is 352 Å². The van der Waals surface area contributed by atoms with Crippen molar-refractivity contribution in [2.45, 2.75) is 205 Å². The van der Waals surface area contributed by atoms with Gasteiger partial charge in [0.05, 0.1) is 0 Å². The van der Waals surface area contributed by atoms with E-state index < -0.39 is 0 Å². The van der Waals surface area contributed by atoms with E-state index in [0.29, 0.717) is 17.1 Å². The van der Waals surface area contributed by atoms with Gasteiger partial charge in [0.15, 0.2) is 0 Å². The molecule has 1 fully saturated rings. The van der Waals surface area contributed by atoms with Crippen molar-refractivity contribution in [3.63, 3.8) is 0 Å². The molecule has 2 aromatic carbocycles. The van der Waals surface area contributed by atoms with E-state index >= 15 is 0 Å². The average Bonchev–Trinajstić information content (AvgIpc) is 3.15. The number of aromatic nitrogens is 1. The zero-order valence-electron chi connectivity index (χ0n) is 39.5. The first-order valence-electron chi connectivity index (χ1n) is 23.4. The molecule has 1 aromatic heterocycles. The summed E-state index contributed by atoms with van der Waals surface area (Å²) in [5, 5.41) is 10.2. The van der Waals surface area contributed by atoms with E-state index in [1.165, 1.54) is 87.4 Å². The fraction of sp³-hybridized carbons (Fsp3) is 0.685. The van der Waals surface area contributed by atoms with E-state index in [1.54, 1.807) is 11.1 Å². The number of phenols is 1. The molecule has 2 heterocycles. The minimum absolute atomic E-state index is 0.0677. The Hall–Kier alpha value is -2.81. The number of fused-ring (bicyclic) bond motifs is 2. The number of rotatable bonds is 10. The molecule has 0 saturated heterocycles. The van der Waals surface area contributed by atoms with Gasteiger partial charge >= 0.3 is 0 Å². The van der Waals surface area contributed by atoms with Gasteiger partial charge in [0, 0.05) is 17.5 Å². The number of aryl methyl sites for hydroxylation is 3. The Bertz CT molecular complexity index is 1610. The summed E-state index contributed by atoms with van der Waals surface area (Å²) in [5.74, 6) is 5.53. The molecule has 1 saturated carbocycles. The topological polar surface area (TPSA) is 42.4 Å². The number of hydrogen-bond acceptors (Lipinski definition) is 3. The second-order valence-electron chi connectivity index (χ2n) is 20.6. The first kappa shape index (κ1) is 48.6. The minimum atomic E-state index is -0.0677. The molecule has 3 aliphatic rings. The molecule has 3 heteroatoms. The van der Waals surface area contributed by atoms with Crippen LogP contribution in [0, 0.1) is 55.8 Å². The molecule has 57 heavy (non-hydrogen) atoms. The molecule has 3 nitrogen and oxygen atoms in total. The smallest absolute Gasteiger partial charge is 0.127 e. The molecule has 1 N–H and O–H groups in total. The summed E-state index contributed by atoms with van der Waals surface area (Å²) >= 11 is 0. The predicted octanol–water partition coefficient (Wildman–Crippen LogP) is 15.5. The van der Waals surface area contributed by atoms with Gasteiger partial charge in [0.2, 0.25) is 0 Å². The summed E-state index contributed by atoms with van der Waals surface area (Å²) < 4.78 is 6.37. The van der Waals surface area contributed by atoms with E-state index in [4.69, 9.17) is 4.74 Å². The molecule has 6 rings (SSSR count). The summed E-state index contributed by atoms with van der Waals surface area (Å²) in [5.41, 5.74) is 10.6. The normalized spacial score (nSPS) is 19.6. The third-order valence-electron chi connectivity index (χ3n) is 12.9. The molecule has 2 aliphatic carbocycles. The summed E-state index contributed by atoms with van der Waals surface area (Å²) in [6, 6.07) is 13.3. The van der Waals surface area contributed by atoms with Gasteiger partial charge in [-0.2, -0.15) is 0 Å². The van der Waals surface area contributed by atoms with Gasteiger partial charge in [-0.3, -0.25) is 4.98 Å². The van der Waals surface area contributed by atoms with Crippen LogP contribution in [0.5, 0.6) is 11.5 Å². The lowest BCUT2D eigenvalue weighted by molar-refractivity contribution is 0.0428. The maximum Gasteiger partial charge on any atom is 0.127 e. The standard InChI is InChI=1S/C17H26O2.C14H20.C12H19N.C11H22/c1-10(2)9-17(6)8-7-14-13(5)15(18)11(3)12(4)16(14)19-17;1-11(2)9-12-7-8-13-5-3-4-6-14(13)10-12;1-4-11-6-8-12(13-9-11)7-5-10(2)3;1-10(2)9-11(3)7-5-4-6-8-11/h10,18H,7-9H2,1-6H3;3-6,11-12H,7-10H2,1-2H3;6,8-10H,4-5,7H2,1-3H3;10H,4-9H2,1-3H3. The van der Waals surface area contributed by atoms with Crippen molar-refractivity contribution < 1.29 is 9.84 Å². The van der Waals surface area contributed by atoms with Gasteiger partial charge in [0.1, 0.15) is 17.1 Å². The lowest BCUT2D eigenvalue weighted by Gasteiger charge is -2.39. The molecule has 1 aliphatic heterocycles. The van der Waals surface area contributed by atoms with Crippen molar-refractivity contribution in [3.8, 4) is 11.5 Å². The first-order valence-corrected chi connectivity index (χ1v) is 23.4. The number of aromatic hydroxyl groups is 1. The van der Waals surface area contributed by atoms with E-state index in [0.717, 1.165) is 78.2 Å². The Balaban J connectivity index is 0.000000208. The number of benzene rings is 2. The van der Waals surface area contributed by atoms with Gasteiger partial charge in [-0.25, -0.2) is 0 Å². The Morgan fingerprint density at radius 1 is 0.737 bits per heavy atom. The summed E-state index contributed by atoms with van der Waals surface area (Å²) in [7, 11) is 0. The number of hydrogen-bond donors (Lipinski definition) is 1. The quantitative estimate of drug-likeness (QED) is 0.223. The predicted molar refractivity (Wildman–Crippen MR) is 248 cm³/mol. The molecule has 0 amide bonds. The van der Waals surface area contributed by atoms with Crippen LogP contribution in [0.25, 0.3) is 0 Å². The van der Waals surface area contributed by atoms with Crippen LogP contribution in [-0.4, -0.2) is 15.7 Å². The molecule has 0 radical (unpaired) electrons. The van der Waals surface area contributed by atoms with Crippen molar-refractivity contribution in [2.24, 2.45) is 35.0 Å². The second kappa shape index (κ2) is 23.1. The average molecular weight is 782 g/mol. The van der Waals surface area contributed by atoms with Crippen LogP contribution < -0.4 is 4.74 Å². The third kappa shape index (κ3) is 16.0. The second-order valence-corrected chi connectivity index (χ2v) is 20.6. The van der Waals surface area contributed by atoms with E-state index in [-0.39, 0.29) is 5.60 Å². The van der Waals surface area contributed by atoms with Crippen molar-refractivity contribution in [2.75, 3.05) is 0 Å². The van der Waals surface area contributed by atoms with Gasteiger partial charge < -0.3 is 9.84 Å². The van der Waals surface area contributed by atoms with Gasteiger partial charge in [-0.15, -0.1) is 0 Å². The molecule has 2 unspecified atom stereocenters. The molecule has 0 bridgehead atoms. The summed E-state index contributed by atoms with van der Waals surface area (Å²) in [6.07, 6.45) is 22.8. The fourth-order valence-electron chi connectivity index (χ4n) is 9.79. The van der Waals surface area contributed by atoms with Crippen LogP contribution in [-0.2, 0) is 32.1 Å². The fourth-order valence-corrected chi connectivity index (χ4v) is 9.79. The van der Waals surface area contributed by atoms with Crippen molar-refractivity contribution >= 4 is 0 Å². The van der Waals surface area contributed by atoms with Crippen molar-refractivity contribution in [1.82, 2.24) is 4.98 Å². The van der Waals surface area contributed by atoms with E-state index in [9.17, 15) is 5.11 Å².